The number of carbonyl (C=O) groups is 2. The van der Waals surface area contributed by atoms with Gasteiger partial charge in [0.05, 0.1) is 5.69 Å². The van der Waals surface area contributed by atoms with E-state index in [9.17, 15) is 22.8 Å². The van der Waals surface area contributed by atoms with Crippen LogP contribution in [-0.4, -0.2) is 24.1 Å². The van der Waals surface area contributed by atoms with Gasteiger partial charge in [-0.15, -0.1) is 0 Å². The Labute approximate surface area is 147 Å². The summed E-state index contributed by atoms with van der Waals surface area (Å²) in [7, 11) is 0. The zero-order valence-electron chi connectivity index (χ0n) is 14.0. The van der Waals surface area contributed by atoms with E-state index in [1.807, 2.05) is 0 Å². The zero-order valence-corrected chi connectivity index (χ0v) is 14.0. The molecule has 0 heterocycles. The SMILES string of the molecule is C[C@H](Oc1ccc(F)cc1)C(=O)O[C@H](C)C(=O)Nc1ccc(F)cc1F. The minimum absolute atomic E-state index is 0.241. The summed E-state index contributed by atoms with van der Waals surface area (Å²) in [5.41, 5.74) is -0.241. The van der Waals surface area contributed by atoms with Crippen molar-refractivity contribution in [1.29, 1.82) is 0 Å². The Bertz CT molecular complexity index is 796. The first kappa shape index (κ1) is 19.3. The van der Waals surface area contributed by atoms with Crippen LogP contribution in [0.5, 0.6) is 5.75 Å². The molecule has 0 saturated carbocycles. The summed E-state index contributed by atoms with van der Waals surface area (Å²) in [6, 6.07) is 7.66. The van der Waals surface area contributed by atoms with Crippen molar-refractivity contribution in [1.82, 2.24) is 0 Å². The Morgan fingerprint density at radius 1 is 0.923 bits per heavy atom. The van der Waals surface area contributed by atoms with E-state index >= 15 is 0 Å². The number of nitrogens with one attached hydrogen (secondary N) is 1. The molecular weight excluding hydrogens is 351 g/mol. The van der Waals surface area contributed by atoms with Crippen molar-refractivity contribution < 1.29 is 32.2 Å². The zero-order chi connectivity index (χ0) is 19.3. The average Bonchev–Trinajstić information content (AvgIpc) is 2.59. The maximum atomic E-state index is 13.5. The van der Waals surface area contributed by atoms with Gasteiger partial charge >= 0.3 is 5.97 Å². The van der Waals surface area contributed by atoms with E-state index in [-0.39, 0.29) is 11.4 Å². The van der Waals surface area contributed by atoms with Crippen molar-refractivity contribution in [2.75, 3.05) is 5.32 Å². The Hall–Kier alpha value is -3.03. The van der Waals surface area contributed by atoms with Gasteiger partial charge in [0.1, 0.15) is 23.2 Å². The summed E-state index contributed by atoms with van der Waals surface area (Å²) in [4.78, 5) is 23.9. The normalized spacial score (nSPS) is 12.8. The second-order valence-corrected chi connectivity index (χ2v) is 5.41. The van der Waals surface area contributed by atoms with E-state index < -0.39 is 41.5 Å². The molecule has 0 aliphatic rings. The van der Waals surface area contributed by atoms with Gasteiger partial charge in [-0.25, -0.2) is 18.0 Å². The molecule has 0 aliphatic carbocycles. The average molecular weight is 367 g/mol. The number of halogens is 3. The smallest absolute Gasteiger partial charge is 0.347 e. The molecule has 0 aliphatic heterocycles. The van der Waals surface area contributed by atoms with Crippen LogP contribution in [0.3, 0.4) is 0 Å². The van der Waals surface area contributed by atoms with E-state index in [1.54, 1.807) is 0 Å². The van der Waals surface area contributed by atoms with Crippen molar-refractivity contribution in [3.8, 4) is 5.75 Å². The number of anilines is 1. The number of ether oxygens (including phenoxy) is 2. The molecule has 0 fully saturated rings. The van der Waals surface area contributed by atoms with Gasteiger partial charge in [-0.2, -0.15) is 0 Å². The Balaban J connectivity index is 1.90. The molecule has 0 saturated heterocycles. The molecule has 0 bridgehead atoms. The summed E-state index contributed by atoms with van der Waals surface area (Å²) in [5.74, 6) is -3.57. The fourth-order valence-electron chi connectivity index (χ4n) is 1.91. The van der Waals surface area contributed by atoms with Crippen LogP contribution in [0.15, 0.2) is 42.5 Å². The van der Waals surface area contributed by atoms with Gasteiger partial charge in [0.25, 0.3) is 5.91 Å². The van der Waals surface area contributed by atoms with Crippen molar-refractivity contribution in [2.45, 2.75) is 26.1 Å². The van der Waals surface area contributed by atoms with Gasteiger partial charge in [-0.05, 0) is 50.2 Å². The first-order valence-corrected chi connectivity index (χ1v) is 7.65. The molecule has 2 atom stereocenters. The topological polar surface area (TPSA) is 64.6 Å². The summed E-state index contributed by atoms with van der Waals surface area (Å²) in [6.45, 7) is 2.69. The summed E-state index contributed by atoms with van der Waals surface area (Å²) in [6.07, 6.45) is -2.30. The molecule has 138 valence electrons. The van der Waals surface area contributed by atoms with Crippen molar-refractivity contribution in [2.24, 2.45) is 0 Å². The van der Waals surface area contributed by atoms with Gasteiger partial charge in [0, 0.05) is 6.07 Å². The standard InChI is InChI=1S/C18H16F3NO4/c1-10(17(23)22-16-8-5-13(20)9-15(16)21)26-18(24)11(2)25-14-6-3-12(19)4-7-14/h3-11H,1-2H3,(H,22,23)/t10-,11+/m1/s1. The quantitative estimate of drug-likeness (QED) is 0.795. The fourth-order valence-corrected chi connectivity index (χ4v) is 1.91. The predicted octanol–water partition coefficient (Wildman–Crippen LogP) is 3.44. The highest BCUT2D eigenvalue weighted by Gasteiger charge is 2.24. The molecular formula is C18H16F3NO4. The molecule has 0 spiro atoms. The Morgan fingerprint density at radius 3 is 2.15 bits per heavy atom. The molecule has 8 heteroatoms. The van der Waals surface area contributed by atoms with E-state index in [0.717, 1.165) is 12.1 Å². The Morgan fingerprint density at radius 2 is 1.54 bits per heavy atom. The highest BCUT2D eigenvalue weighted by molar-refractivity contribution is 5.95. The largest absolute Gasteiger partial charge is 0.479 e. The second kappa shape index (κ2) is 8.37. The minimum Gasteiger partial charge on any atom is -0.479 e. The molecule has 1 N–H and O–H groups in total. The lowest BCUT2D eigenvalue weighted by atomic mass is 10.2. The molecule has 2 aromatic carbocycles. The third-order valence-electron chi connectivity index (χ3n) is 3.31. The lowest BCUT2D eigenvalue weighted by molar-refractivity contribution is -0.159. The van der Waals surface area contributed by atoms with Crippen molar-refractivity contribution in [3.05, 3.63) is 59.9 Å². The summed E-state index contributed by atoms with van der Waals surface area (Å²) in [5, 5.41) is 2.20. The number of hydrogen-bond acceptors (Lipinski definition) is 4. The lowest BCUT2D eigenvalue weighted by Gasteiger charge is -2.18. The van der Waals surface area contributed by atoms with Crippen LogP contribution >= 0.6 is 0 Å². The first-order valence-electron chi connectivity index (χ1n) is 7.65. The van der Waals surface area contributed by atoms with Crippen LogP contribution in [-0.2, 0) is 14.3 Å². The molecule has 26 heavy (non-hydrogen) atoms. The van der Waals surface area contributed by atoms with E-state index in [4.69, 9.17) is 9.47 Å². The summed E-state index contributed by atoms with van der Waals surface area (Å²) < 4.78 is 49.5. The predicted molar refractivity (Wildman–Crippen MR) is 87.0 cm³/mol. The van der Waals surface area contributed by atoms with Crippen LogP contribution in [0.25, 0.3) is 0 Å². The third-order valence-corrected chi connectivity index (χ3v) is 3.31. The highest BCUT2D eigenvalue weighted by Crippen LogP contribution is 2.16. The van der Waals surface area contributed by atoms with Crippen molar-refractivity contribution in [3.63, 3.8) is 0 Å². The van der Waals surface area contributed by atoms with Gasteiger partial charge in [0.2, 0.25) is 0 Å². The minimum atomic E-state index is -1.24. The molecule has 2 rings (SSSR count). The van der Waals surface area contributed by atoms with E-state index in [0.29, 0.717) is 6.07 Å². The van der Waals surface area contributed by atoms with Gasteiger partial charge in [-0.1, -0.05) is 0 Å². The van der Waals surface area contributed by atoms with Crippen LogP contribution in [0, 0.1) is 17.5 Å². The third kappa shape index (κ3) is 5.23. The maximum absolute atomic E-state index is 13.5. The van der Waals surface area contributed by atoms with Gasteiger partial charge in [0.15, 0.2) is 12.2 Å². The number of rotatable bonds is 6. The molecule has 1 amide bonds. The number of carbonyl (C=O) groups excluding carboxylic acids is 2. The highest BCUT2D eigenvalue weighted by atomic mass is 19.1. The number of esters is 1. The van der Waals surface area contributed by atoms with E-state index in [2.05, 4.69) is 5.32 Å². The molecule has 5 nitrogen and oxygen atoms in total. The monoisotopic (exact) mass is 367 g/mol. The van der Waals surface area contributed by atoms with Crippen LogP contribution in [0.4, 0.5) is 18.9 Å². The Kier molecular flexibility index (Phi) is 6.21. The molecule has 2 aromatic rings. The number of benzene rings is 2. The van der Waals surface area contributed by atoms with Gasteiger partial charge < -0.3 is 14.8 Å². The van der Waals surface area contributed by atoms with Crippen LogP contribution in [0.2, 0.25) is 0 Å². The molecule has 0 aromatic heterocycles. The fraction of sp³-hybridized carbons (Fsp3) is 0.222. The van der Waals surface area contributed by atoms with Crippen molar-refractivity contribution >= 4 is 17.6 Å². The first-order chi connectivity index (χ1) is 12.3. The lowest BCUT2D eigenvalue weighted by Crippen LogP contribution is -2.35. The molecule has 0 unspecified atom stereocenters. The second-order valence-electron chi connectivity index (χ2n) is 5.41. The maximum Gasteiger partial charge on any atom is 0.347 e. The van der Waals surface area contributed by atoms with Crippen LogP contribution < -0.4 is 10.1 Å². The molecule has 0 radical (unpaired) electrons. The van der Waals surface area contributed by atoms with Crippen LogP contribution in [0.1, 0.15) is 13.8 Å². The van der Waals surface area contributed by atoms with Gasteiger partial charge in [-0.3, -0.25) is 4.79 Å². The number of amides is 1. The summed E-state index contributed by atoms with van der Waals surface area (Å²) >= 11 is 0. The van der Waals surface area contributed by atoms with E-state index in [1.165, 1.54) is 38.1 Å². The number of hydrogen-bond donors (Lipinski definition) is 1.